The third kappa shape index (κ3) is 2.37. The van der Waals surface area contributed by atoms with Gasteiger partial charge in [-0.25, -0.2) is 0 Å². The lowest BCUT2D eigenvalue weighted by Crippen LogP contribution is -2.32. The highest BCUT2D eigenvalue weighted by atomic mass is 16.5. The quantitative estimate of drug-likeness (QED) is 0.824. The Kier molecular flexibility index (Phi) is 2.75. The number of hydrogen-bond donors (Lipinski definition) is 1. The molecule has 0 aliphatic heterocycles. The van der Waals surface area contributed by atoms with Crippen molar-refractivity contribution in [2.75, 3.05) is 0 Å². The third-order valence-electron chi connectivity index (χ3n) is 2.73. The molecule has 1 N–H and O–H groups in total. The SMILES string of the molecule is CC[C@H](C)NC(=O)c1cc(C2CC2)on1. The van der Waals surface area contributed by atoms with Crippen molar-refractivity contribution in [3.05, 3.63) is 17.5 Å². The van der Waals surface area contributed by atoms with Crippen LogP contribution in [0, 0.1) is 0 Å². The fourth-order valence-corrected chi connectivity index (χ4v) is 1.36. The van der Waals surface area contributed by atoms with Gasteiger partial charge in [0.1, 0.15) is 5.76 Å². The predicted molar refractivity (Wildman–Crippen MR) is 55.7 cm³/mol. The van der Waals surface area contributed by atoms with Crippen LogP contribution in [0.5, 0.6) is 0 Å². The number of hydrogen-bond acceptors (Lipinski definition) is 3. The van der Waals surface area contributed by atoms with Gasteiger partial charge >= 0.3 is 0 Å². The number of nitrogens with zero attached hydrogens (tertiary/aromatic N) is 1. The molecule has 1 fully saturated rings. The zero-order chi connectivity index (χ0) is 10.8. The fraction of sp³-hybridized carbons (Fsp3) is 0.636. The normalized spacial score (nSPS) is 17.5. The van der Waals surface area contributed by atoms with Crippen LogP contribution in [0.2, 0.25) is 0 Å². The zero-order valence-corrected chi connectivity index (χ0v) is 9.12. The van der Waals surface area contributed by atoms with Gasteiger partial charge in [0.25, 0.3) is 5.91 Å². The molecule has 4 heteroatoms. The molecule has 0 unspecified atom stereocenters. The Morgan fingerprint density at radius 1 is 1.73 bits per heavy atom. The van der Waals surface area contributed by atoms with Crippen LogP contribution in [0.4, 0.5) is 0 Å². The molecule has 1 atom stereocenters. The highest BCUT2D eigenvalue weighted by Crippen LogP contribution is 2.40. The Hall–Kier alpha value is -1.32. The van der Waals surface area contributed by atoms with Gasteiger partial charge in [0.15, 0.2) is 5.69 Å². The van der Waals surface area contributed by atoms with Crippen molar-refractivity contribution in [1.29, 1.82) is 0 Å². The number of nitrogens with one attached hydrogen (secondary N) is 1. The molecule has 1 saturated carbocycles. The summed E-state index contributed by atoms with van der Waals surface area (Å²) in [4.78, 5) is 11.6. The third-order valence-corrected chi connectivity index (χ3v) is 2.73. The first-order valence-corrected chi connectivity index (χ1v) is 5.48. The summed E-state index contributed by atoms with van der Waals surface area (Å²) in [6.07, 6.45) is 3.22. The molecule has 1 aliphatic rings. The number of rotatable bonds is 4. The minimum absolute atomic E-state index is 0.139. The summed E-state index contributed by atoms with van der Waals surface area (Å²) >= 11 is 0. The van der Waals surface area contributed by atoms with Gasteiger partial charge in [-0.2, -0.15) is 0 Å². The topological polar surface area (TPSA) is 55.1 Å². The van der Waals surface area contributed by atoms with E-state index in [1.807, 2.05) is 13.8 Å². The smallest absolute Gasteiger partial charge is 0.273 e. The molecule has 0 saturated heterocycles. The number of carbonyl (C=O) groups is 1. The van der Waals surface area contributed by atoms with Crippen molar-refractivity contribution in [2.24, 2.45) is 0 Å². The summed E-state index contributed by atoms with van der Waals surface area (Å²) in [6.45, 7) is 4.00. The average Bonchev–Trinajstić information content (AvgIpc) is 2.96. The maximum atomic E-state index is 11.6. The van der Waals surface area contributed by atoms with Gasteiger partial charge in [-0.15, -0.1) is 0 Å². The summed E-state index contributed by atoms with van der Waals surface area (Å²) < 4.78 is 5.11. The van der Waals surface area contributed by atoms with Gasteiger partial charge in [-0.1, -0.05) is 12.1 Å². The van der Waals surface area contributed by atoms with E-state index in [2.05, 4.69) is 10.5 Å². The van der Waals surface area contributed by atoms with E-state index >= 15 is 0 Å². The van der Waals surface area contributed by atoms with Crippen LogP contribution in [0.15, 0.2) is 10.6 Å². The Labute approximate surface area is 89.0 Å². The van der Waals surface area contributed by atoms with E-state index in [1.54, 1.807) is 6.07 Å². The second kappa shape index (κ2) is 4.04. The van der Waals surface area contributed by atoms with Crippen LogP contribution in [0.1, 0.15) is 55.3 Å². The number of aromatic nitrogens is 1. The number of carbonyl (C=O) groups excluding carboxylic acids is 1. The van der Waals surface area contributed by atoms with Crippen molar-refractivity contribution < 1.29 is 9.32 Å². The molecule has 0 bridgehead atoms. The van der Waals surface area contributed by atoms with Gasteiger partial charge in [0.05, 0.1) is 0 Å². The van der Waals surface area contributed by atoms with Gasteiger partial charge in [-0.3, -0.25) is 4.79 Å². The molecule has 1 aromatic heterocycles. The Bertz CT molecular complexity index is 355. The van der Waals surface area contributed by atoms with E-state index in [1.165, 1.54) is 0 Å². The van der Waals surface area contributed by atoms with E-state index in [4.69, 9.17) is 4.52 Å². The molecule has 2 rings (SSSR count). The first-order chi connectivity index (χ1) is 7.20. The highest BCUT2D eigenvalue weighted by Gasteiger charge is 2.28. The second-order valence-corrected chi connectivity index (χ2v) is 4.17. The average molecular weight is 208 g/mol. The molecule has 1 aromatic rings. The van der Waals surface area contributed by atoms with Crippen molar-refractivity contribution >= 4 is 5.91 Å². The van der Waals surface area contributed by atoms with E-state index in [9.17, 15) is 4.79 Å². The van der Waals surface area contributed by atoms with Gasteiger partial charge in [0, 0.05) is 18.0 Å². The van der Waals surface area contributed by atoms with Crippen LogP contribution in [0.25, 0.3) is 0 Å². The maximum Gasteiger partial charge on any atom is 0.273 e. The largest absolute Gasteiger partial charge is 0.360 e. The molecule has 0 radical (unpaired) electrons. The zero-order valence-electron chi connectivity index (χ0n) is 9.12. The monoisotopic (exact) mass is 208 g/mol. The van der Waals surface area contributed by atoms with E-state index in [-0.39, 0.29) is 11.9 Å². The van der Waals surface area contributed by atoms with E-state index < -0.39 is 0 Å². The van der Waals surface area contributed by atoms with Gasteiger partial charge < -0.3 is 9.84 Å². The minimum atomic E-state index is -0.139. The van der Waals surface area contributed by atoms with Crippen LogP contribution in [-0.2, 0) is 0 Å². The summed E-state index contributed by atoms with van der Waals surface area (Å²) in [5.41, 5.74) is 0.400. The molecule has 82 valence electrons. The molecule has 15 heavy (non-hydrogen) atoms. The van der Waals surface area contributed by atoms with Crippen molar-refractivity contribution in [2.45, 2.75) is 45.1 Å². The lowest BCUT2D eigenvalue weighted by Gasteiger charge is -2.08. The van der Waals surface area contributed by atoms with Crippen LogP contribution in [0.3, 0.4) is 0 Å². The van der Waals surface area contributed by atoms with Crippen molar-refractivity contribution in [3.8, 4) is 0 Å². The summed E-state index contributed by atoms with van der Waals surface area (Å²) in [5.74, 6) is 1.21. The molecule has 0 spiro atoms. The first-order valence-electron chi connectivity index (χ1n) is 5.48. The first kappa shape index (κ1) is 10.2. The molecule has 1 heterocycles. The summed E-state index contributed by atoms with van der Waals surface area (Å²) in [7, 11) is 0. The fourth-order valence-electron chi connectivity index (χ4n) is 1.36. The molecule has 1 aliphatic carbocycles. The lowest BCUT2D eigenvalue weighted by molar-refractivity contribution is 0.0930. The molecule has 0 aromatic carbocycles. The van der Waals surface area contributed by atoms with Gasteiger partial charge in [-0.05, 0) is 26.2 Å². The second-order valence-electron chi connectivity index (χ2n) is 4.17. The van der Waals surface area contributed by atoms with Crippen LogP contribution < -0.4 is 5.32 Å². The van der Waals surface area contributed by atoms with Gasteiger partial charge in [0.2, 0.25) is 0 Å². The predicted octanol–water partition coefficient (Wildman–Crippen LogP) is 2.08. The lowest BCUT2D eigenvalue weighted by atomic mass is 10.2. The van der Waals surface area contributed by atoms with Crippen molar-refractivity contribution in [1.82, 2.24) is 10.5 Å². The molecular weight excluding hydrogens is 192 g/mol. The molecular formula is C11H16N2O2. The Morgan fingerprint density at radius 2 is 2.47 bits per heavy atom. The standard InChI is InChI=1S/C11H16N2O2/c1-3-7(2)12-11(14)9-6-10(15-13-9)8-4-5-8/h6-8H,3-5H2,1-2H3,(H,12,14)/t7-/m0/s1. The van der Waals surface area contributed by atoms with E-state index in [0.29, 0.717) is 11.6 Å². The van der Waals surface area contributed by atoms with Crippen LogP contribution in [-0.4, -0.2) is 17.1 Å². The van der Waals surface area contributed by atoms with Crippen LogP contribution >= 0.6 is 0 Å². The summed E-state index contributed by atoms with van der Waals surface area (Å²) in [6, 6.07) is 1.94. The maximum absolute atomic E-state index is 11.6. The molecule has 1 amide bonds. The van der Waals surface area contributed by atoms with Crippen molar-refractivity contribution in [3.63, 3.8) is 0 Å². The molecule has 4 nitrogen and oxygen atoms in total. The Balaban J connectivity index is 1.98. The Morgan fingerprint density at radius 3 is 3.07 bits per heavy atom. The summed E-state index contributed by atoms with van der Waals surface area (Å²) in [5, 5.41) is 6.63. The highest BCUT2D eigenvalue weighted by molar-refractivity contribution is 5.92. The number of amides is 1. The van der Waals surface area contributed by atoms with E-state index in [0.717, 1.165) is 25.0 Å². The minimum Gasteiger partial charge on any atom is -0.360 e.